The van der Waals surface area contributed by atoms with E-state index in [-0.39, 0.29) is 17.2 Å². The van der Waals surface area contributed by atoms with E-state index in [9.17, 15) is 13.2 Å². The summed E-state index contributed by atoms with van der Waals surface area (Å²) in [6.07, 6.45) is 2.04. The van der Waals surface area contributed by atoms with E-state index in [1.54, 1.807) is 12.1 Å². The van der Waals surface area contributed by atoms with Crippen molar-refractivity contribution in [2.45, 2.75) is 71.4 Å². The van der Waals surface area contributed by atoms with Gasteiger partial charge in [-0.15, -0.1) is 0 Å². The first-order chi connectivity index (χ1) is 16.1. The minimum Gasteiger partial charge on any atom is -0.339 e. The number of anilines is 4. The molecule has 0 atom stereocenters. The Hall–Kier alpha value is -3.09. The van der Waals surface area contributed by atoms with Crippen LogP contribution in [0.5, 0.6) is 0 Å². The fraction of sp³-hybridized carbons (Fsp3) is 0.407. The van der Waals surface area contributed by atoms with Gasteiger partial charge >= 0.3 is 6.18 Å². The molecule has 0 amide bonds. The number of benzene rings is 2. The maximum Gasteiger partial charge on any atom is 0.421 e. The summed E-state index contributed by atoms with van der Waals surface area (Å²) in [5.41, 5.74) is 2.26. The summed E-state index contributed by atoms with van der Waals surface area (Å²) < 4.78 is 41.1. The van der Waals surface area contributed by atoms with Crippen molar-refractivity contribution in [1.82, 2.24) is 9.97 Å². The van der Waals surface area contributed by atoms with Gasteiger partial charge in [0.1, 0.15) is 11.4 Å². The Balaban J connectivity index is 1.83. The van der Waals surface area contributed by atoms with Gasteiger partial charge in [0.15, 0.2) is 0 Å². The highest BCUT2D eigenvalue weighted by Gasteiger charge is 2.35. The number of hydrogen-bond donors (Lipinski definition) is 2. The molecule has 0 bridgehead atoms. The fourth-order valence-corrected chi connectivity index (χ4v) is 3.76. The van der Waals surface area contributed by atoms with E-state index in [2.05, 4.69) is 27.5 Å². The van der Waals surface area contributed by atoms with Gasteiger partial charge in [0, 0.05) is 17.6 Å². The number of aromatic nitrogens is 2. The minimum atomic E-state index is -4.59. The molecule has 0 unspecified atom stereocenters. The Morgan fingerprint density at radius 2 is 1.53 bits per heavy atom. The predicted molar refractivity (Wildman–Crippen MR) is 133 cm³/mol. The number of unbranched alkanes of at least 4 members (excludes halogenated alkanes) is 3. The van der Waals surface area contributed by atoms with Gasteiger partial charge in [-0.2, -0.15) is 18.2 Å². The van der Waals surface area contributed by atoms with Crippen LogP contribution < -0.4 is 10.6 Å². The van der Waals surface area contributed by atoms with E-state index in [0.29, 0.717) is 5.69 Å². The van der Waals surface area contributed by atoms with Crippen LogP contribution in [0.4, 0.5) is 36.3 Å². The third-order valence-corrected chi connectivity index (χ3v) is 5.61. The molecule has 3 aromatic rings. The molecule has 7 heteroatoms. The molecule has 4 nitrogen and oxygen atoms in total. The fourth-order valence-electron chi connectivity index (χ4n) is 3.76. The van der Waals surface area contributed by atoms with Crippen molar-refractivity contribution in [3.8, 4) is 0 Å². The van der Waals surface area contributed by atoms with Crippen molar-refractivity contribution in [3.63, 3.8) is 0 Å². The normalized spacial score (nSPS) is 12.0. The van der Waals surface area contributed by atoms with E-state index in [0.717, 1.165) is 30.3 Å². The van der Waals surface area contributed by atoms with E-state index < -0.39 is 11.7 Å². The first-order valence-corrected chi connectivity index (χ1v) is 11.7. The average molecular weight is 471 g/mol. The van der Waals surface area contributed by atoms with Gasteiger partial charge in [0.25, 0.3) is 0 Å². The first-order valence-electron chi connectivity index (χ1n) is 11.7. The summed E-state index contributed by atoms with van der Waals surface area (Å²) in [5, 5.41) is 5.94. The molecule has 0 spiro atoms. The molecule has 0 aliphatic heterocycles. The van der Waals surface area contributed by atoms with Crippen molar-refractivity contribution in [2.24, 2.45) is 0 Å². The molecule has 2 aromatic carbocycles. The lowest BCUT2D eigenvalue weighted by Crippen LogP contribution is -2.16. The summed E-state index contributed by atoms with van der Waals surface area (Å²) in [6.45, 7) is 8.23. The number of nitrogens with zero attached hydrogens (tertiary/aromatic N) is 2. The van der Waals surface area contributed by atoms with Crippen LogP contribution in [0.15, 0.2) is 54.7 Å². The number of rotatable bonds is 9. The summed E-state index contributed by atoms with van der Waals surface area (Å²) in [6, 6.07) is 15.2. The van der Waals surface area contributed by atoms with Crippen LogP contribution in [-0.4, -0.2) is 9.97 Å². The van der Waals surface area contributed by atoms with Gasteiger partial charge < -0.3 is 10.6 Å². The Morgan fingerprint density at radius 3 is 2.18 bits per heavy atom. The molecule has 0 saturated carbocycles. The summed E-state index contributed by atoms with van der Waals surface area (Å²) in [4.78, 5) is 8.12. The molecule has 0 saturated heterocycles. The van der Waals surface area contributed by atoms with Crippen molar-refractivity contribution >= 4 is 23.1 Å². The molecular weight excluding hydrogens is 437 g/mol. The van der Waals surface area contributed by atoms with E-state index in [1.165, 1.54) is 24.8 Å². The van der Waals surface area contributed by atoms with E-state index >= 15 is 0 Å². The molecule has 0 radical (unpaired) electrons. The zero-order valence-electron chi connectivity index (χ0n) is 20.3. The third-order valence-electron chi connectivity index (χ3n) is 5.61. The van der Waals surface area contributed by atoms with Gasteiger partial charge in [-0.1, -0.05) is 77.3 Å². The highest BCUT2D eigenvalue weighted by atomic mass is 19.4. The molecular formula is C27H33F3N4. The van der Waals surface area contributed by atoms with Crippen LogP contribution in [0.2, 0.25) is 0 Å². The number of alkyl halides is 3. The summed E-state index contributed by atoms with van der Waals surface area (Å²) in [5.74, 6) is -0.186. The van der Waals surface area contributed by atoms with Crippen LogP contribution in [0.3, 0.4) is 0 Å². The zero-order valence-corrected chi connectivity index (χ0v) is 20.3. The van der Waals surface area contributed by atoms with Crippen molar-refractivity contribution < 1.29 is 13.2 Å². The van der Waals surface area contributed by atoms with Crippen molar-refractivity contribution in [1.29, 1.82) is 0 Å². The van der Waals surface area contributed by atoms with Gasteiger partial charge in [-0.25, -0.2) is 4.98 Å². The van der Waals surface area contributed by atoms with Gasteiger partial charge in [-0.3, -0.25) is 0 Å². The Bertz CT molecular complexity index is 1070. The third kappa shape index (κ3) is 6.95. The second-order valence-corrected chi connectivity index (χ2v) is 9.51. The average Bonchev–Trinajstić information content (AvgIpc) is 2.77. The lowest BCUT2D eigenvalue weighted by atomic mass is 9.86. The van der Waals surface area contributed by atoms with Crippen LogP contribution in [0, 0.1) is 0 Å². The second-order valence-electron chi connectivity index (χ2n) is 9.51. The SMILES string of the molecule is CCCCCCc1ccc(Nc2ncc(C(F)(F)F)c(Nc3ccccc3C(C)(C)C)n2)cc1. The highest BCUT2D eigenvalue weighted by Crippen LogP contribution is 2.37. The quantitative estimate of drug-likeness (QED) is 0.308. The van der Waals surface area contributed by atoms with Crippen molar-refractivity contribution in [3.05, 3.63) is 71.4 Å². The molecule has 34 heavy (non-hydrogen) atoms. The maximum atomic E-state index is 13.7. The zero-order chi connectivity index (χ0) is 24.8. The predicted octanol–water partition coefficient (Wildman–Crippen LogP) is 8.40. The van der Waals surface area contributed by atoms with Gasteiger partial charge in [-0.05, 0) is 47.6 Å². The number of nitrogens with one attached hydrogen (secondary N) is 2. The molecule has 1 aromatic heterocycles. The molecule has 1 heterocycles. The largest absolute Gasteiger partial charge is 0.421 e. The standard InChI is InChI=1S/C27H33F3N4/c1-5-6-7-8-11-19-14-16-20(17-15-19)32-25-31-18-22(27(28,29)30)24(34-25)33-23-13-10-9-12-21(23)26(2,3)4/h9-10,12-18H,5-8,11H2,1-4H3,(H2,31,32,33,34). The molecule has 0 aliphatic carbocycles. The topological polar surface area (TPSA) is 49.8 Å². The minimum absolute atomic E-state index is 0.0967. The second kappa shape index (κ2) is 10.9. The molecule has 3 rings (SSSR count). The monoisotopic (exact) mass is 470 g/mol. The van der Waals surface area contributed by atoms with Crippen LogP contribution in [0.25, 0.3) is 0 Å². The highest BCUT2D eigenvalue weighted by molar-refractivity contribution is 5.66. The van der Waals surface area contributed by atoms with Crippen LogP contribution in [-0.2, 0) is 18.0 Å². The first kappa shape index (κ1) is 25.5. The summed E-state index contributed by atoms with van der Waals surface area (Å²) >= 11 is 0. The smallest absolute Gasteiger partial charge is 0.339 e. The Labute approximate surface area is 200 Å². The Morgan fingerprint density at radius 1 is 0.824 bits per heavy atom. The number of aryl methyl sites for hydroxylation is 1. The molecule has 2 N–H and O–H groups in total. The van der Waals surface area contributed by atoms with E-state index in [4.69, 9.17) is 0 Å². The Kier molecular flexibility index (Phi) is 8.18. The molecule has 0 fully saturated rings. The number of halogens is 3. The van der Waals surface area contributed by atoms with Crippen LogP contribution in [0.1, 0.15) is 70.1 Å². The maximum absolute atomic E-state index is 13.7. The molecule has 182 valence electrons. The van der Waals surface area contributed by atoms with E-state index in [1.807, 2.05) is 57.2 Å². The van der Waals surface area contributed by atoms with Gasteiger partial charge in [0.2, 0.25) is 5.95 Å². The number of para-hydroxylation sites is 1. The molecule has 0 aliphatic rings. The lowest BCUT2D eigenvalue weighted by molar-refractivity contribution is -0.137. The number of hydrogen-bond acceptors (Lipinski definition) is 4. The van der Waals surface area contributed by atoms with Crippen LogP contribution >= 0.6 is 0 Å². The summed E-state index contributed by atoms with van der Waals surface area (Å²) in [7, 11) is 0. The lowest BCUT2D eigenvalue weighted by Gasteiger charge is -2.24. The van der Waals surface area contributed by atoms with Crippen molar-refractivity contribution in [2.75, 3.05) is 10.6 Å². The van der Waals surface area contributed by atoms with Gasteiger partial charge in [0.05, 0.1) is 0 Å².